The van der Waals surface area contributed by atoms with Crippen molar-refractivity contribution in [3.05, 3.63) is 42.2 Å². The number of rotatable bonds is 7. The predicted octanol–water partition coefficient (Wildman–Crippen LogP) is 1.78. The third-order valence-electron chi connectivity index (χ3n) is 3.97. The molecule has 0 saturated carbocycles. The number of nitrogens with one attached hydrogen (secondary N) is 1. The lowest BCUT2D eigenvalue weighted by Gasteiger charge is -2.15. The first kappa shape index (κ1) is 17.0. The second kappa shape index (κ2) is 8.32. The van der Waals surface area contributed by atoms with Crippen LogP contribution < -0.4 is 19.7 Å². The highest BCUT2D eigenvalue weighted by Gasteiger charge is 2.15. The molecular formula is C18H22N4O3. The standard InChI is InChI=1S/C18H22N4O3/c1-24-15-5-4-6-16(11-15)25-13-17(23)20-12-14-7-8-19-18(21-14)22-9-2-3-10-22/h4-8,11H,2-3,9-10,12-13H2,1H3,(H,20,23). The van der Waals surface area contributed by atoms with Crippen LogP contribution in [-0.2, 0) is 11.3 Å². The Hall–Kier alpha value is -2.83. The molecule has 1 N–H and O–H groups in total. The molecule has 0 aliphatic carbocycles. The summed E-state index contributed by atoms with van der Waals surface area (Å²) < 4.78 is 10.6. The molecule has 2 aromatic rings. The molecule has 1 fully saturated rings. The summed E-state index contributed by atoms with van der Waals surface area (Å²) in [6.07, 6.45) is 4.08. The lowest BCUT2D eigenvalue weighted by atomic mass is 10.3. The van der Waals surface area contributed by atoms with Crippen LogP contribution in [0.1, 0.15) is 18.5 Å². The van der Waals surface area contributed by atoms with Gasteiger partial charge in [-0.3, -0.25) is 4.79 Å². The maximum Gasteiger partial charge on any atom is 0.258 e. The number of benzene rings is 1. The van der Waals surface area contributed by atoms with Gasteiger partial charge in [0.05, 0.1) is 19.3 Å². The average molecular weight is 342 g/mol. The van der Waals surface area contributed by atoms with Crippen molar-refractivity contribution in [2.24, 2.45) is 0 Å². The second-order valence-electron chi connectivity index (χ2n) is 5.79. The van der Waals surface area contributed by atoms with Crippen LogP contribution in [0.2, 0.25) is 0 Å². The maximum absolute atomic E-state index is 12.0. The van der Waals surface area contributed by atoms with Gasteiger partial charge in [-0.05, 0) is 31.0 Å². The van der Waals surface area contributed by atoms with Gasteiger partial charge in [0.25, 0.3) is 5.91 Å². The highest BCUT2D eigenvalue weighted by atomic mass is 16.5. The lowest BCUT2D eigenvalue weighted by Crippen LogP contribution is -2.29. The van der Waals surface area contributed by atoms with Crippen LogP contribution in [-0.4, -0.2) is 42.7 Å². The first-order chi connectivity index (χ1) is 12.2. The first-order valence-corrected chi connectivity index (χ1v) is 8.35. The molecule has 3 rings (SSSR count). The van der Waals surface area contributed by atoms with Crippen molar-refractivity contribution < 1.29 is 14.3 Å². The number of amides is 1. The summed E-state index contributed by atoms with van der Waals surface area (Å²) in [5, 5.41) is 2.81. The number of methoxy groups -OCH3 is 1. The molecule has 1 saturated heterocycles. The Labute approximate surface area is 147 Å². The normalized spacial score (nSPS) is 13.6. The summed E-state index contributed by atoms with van der Waals surface area (Å²) >= 11 is 0. The average Bonchev–Trinajstić information content (AvgIpc) is 3.20. The van der Waals surface area contributed by atoms with Crippen molar-refractivity contribution in [3.8, 4) is 11.5 Å². The summed E-state index contributed by atoms with van der Waals surface area (Å²) in [4.78, 5) is 22.9. The second-order valence-corrected chi connectivity index (χ2v) is 5.79. The third kappa shape index (κ3) is 4.82. The van der Waals surface area contributed by atoms with Gasteiger partial charge < -0.3 is 19.7 Å². The van der Waals surface area contributed by atoms with Crippen molar-refractivity contribution in [2.75, 3.05) is 31.7 Å². The number of hydrogen-bond donors (Lipinski definition) is 1. The Balaban J connectivity index is 1.48. The van der Waals surface area contributed by atoms with Crippen LogP contribution >= 0.6 is 0 Å². The van der Waals surface area contributed by atoms with Gasteiger partial charge in [-0.25, -0.2) is 9.97 Å². The minimum atomic E-state index is -0.204. The van der Waals surface area contributed by atoms with Crippen LogP contribution in [0.4, 0.5) is 5.95 Å². The predicted molar refractivity (Wildman–Crippen MR) is 93.8 cm³/mol. The van der Waals surface area contributed by atoms with Crippen molar-refractivity contribution in [1.29, 1.82) is 0 Å². The van der Waals surface area contributed by atoms with Gasteiger partial charge in [0, 0.05) is 25.4 Å². The zero-order valence-electron chi connectivity index (χ0n) is 14.3. The number of anilines is 1. The minimum absolute atomic E-state index is 0.0583. The molecule has 1 amide bonds. The van der Waals surface area contributed by atoms with Crippen LogP contribution in [0, 0.1) is 0 Å². The molecule has 0 spiro atoms. The zero-order chi connectivity index (χ0) is 17.5. The largest absolute Gasteiger partial charge is 0.497 e. The van der Waals surface area contributed by atoms with Gasteiger partial charge >= 0.3 is 0 Å². The molecule has 7 nitrogen and oxygen atoms in total. The molecule has 25 heavy (non-hydrogen) atoms. The monoisotopic (exact) mass is 342 g/mol. The van der Waals surface area contributed by atoms with E-state index in [1.807, 2.05) is 18.2 Å². The van der Waals surface area contributed by atoms with Gasteiger partial charge in [-0.2, -0.15) is 0 Å². The van der Waals surface area contributed by atoms with E-state index < -0.39 is 0 Å². The Morgan fingerprint density at radius 2 is 2.04 bits per heavy atom. The molecule has 0 unspecified atom stereocenters. The molecule has 1 aliphatic rings. The van der Waals surface area contributed by atoms with Crippen LogP contribution in [0.5, 0.6) is 11.5 Å². The number of hydrogen-bond acceptors (Lipinski definition) is 6. The molecule has 1 aromatic heterocycles. The molecule has 0 atom stereocenters. The van der Waals surface area contributed by atoms with E-state index in [2.05, 4.69) is 20.2 Å². The first-order valence-electron chi connectivity index (χ1n) is 8.35. The van der Waals surface area contributed by atoms with Gasteiger partial charge in [0.2, 0.25) is 5.95 Å². The number of aromatic nitrogens is 2. The van der Waals surface area contributed by atoms with Gasteiger partial charge in [-0.1, -0.05) is 6.07 Å². The molecule has 0 bridgehead atoms. The van der Waals surface area contributed by atoms with Crippen molar-refractivity contribution in [2.45, 2.75) is 19.4 Å². The van der Waals surface area contributed by atoms with E-state index in [1.165, 1.54) is 12.8 Å². The fourth-order valence-corrected chi connectivity index (χ4v) is 2.63. The van der Waals surface area contributed by atoms with E-state index in [4.69, 9.17) is 9.47 Å². The highest BCUT2D eigenvalue weighted by molar-refractivity contribution is 5.77. The topological polar surface area (TPSA) is 76.6 Å². The Morgan fingerprint density at radius 1 is 1.24 bits per heavy atom. The smallest absolute Gasteiger partial charge is 0.258 e. The summed E-state index contributed by atoms with van der Waals surface area (Å²) in [5.41, 5.74) is 0.784. The van der Waals surface area contributed by atoms with Gasteiger partial charge in [-0.15, -0.1) is 0 Å². The van der Waals surface area contributed by atoms with E-state index in [1.54, 1.807) is 25.4 Å². The van der Waals surface area contributed by atoms with Crippen LogP contribution in [0.15, 0.2) is 36.5 Å². The number of carbonyl (C=O) groups excluding carboxylic acids is 1. The summed E-state index contributed by atoms with van der Waals surface area (Å²) in [6, 6.07) is 8.96. The van der Waals surface area contributed by atoms with E-state index in [0.717, 1.165) is 24.7 Å². The summed E-state index contributed by atoms with van der Waals surface area (Å²) in [6.45, 7) is 2.27. The van der Waals surface area contributed by atoms with E-state index in [-0.39, 0.29) is 12.5 Å². The van der Waals surface area contributed by atoms with E-state index in [9.17, 15) is 4.79 Å². The van der Waals surface area contributed by atoms with Crippen molar-refractivity contribution in [1.82, 2.24) is 15.3 Å². The quantitative estimate of drug-likeness (QED) is 0.826. The number of nitrogens with zero attached hydrogens (tertiary/aromatic N) is 3. The molecular weight excluding hydrogens is 320 g/mol. The summed E-state index contributed by atoms with van der Waals surface area (Å²) in [7, 11) is 1.59. The fourth-order valence-electron chi connectivity index (χ4n) is 2.63. The minimum Gasteiger partial charge on any atom is -0.497 e. The molecule has 1 aromatic carbocycles. The Bertz CT molecular complexity index is 717. The van der Waals surface area contributed by atoms with Crippen LogP contribution in [0.25, 0.3) is 0 Å². The molecule has 132 valence electrons. The fraction of sp³-hybridized carbons (Fsp3) is 0.389. The number of ether oxygens (including phenoxy) is 2. The Kier molecular flexibility index (Phi) is 5.66. The van der Waals surface area contributed by atoms with E-state index >= 15 is 0 Å². The molecule has 2 heterocycles. The summed E-state index contributed by atoms with van der Waals surface area (Å²) in [5.74, 6) is 1.81. The molecule has 1 aliphatic heterocycles. The van der Waals surface area contributed by atoms with E-state index in [0.29, 0.717) is 18.0 Å². The number of carbonyl (C=O) groups is 1. The Morgan fingerprint density at radius 3 is 2.84 bits per heavy atom. The molecule has 0 radical (unpaired) electrons. The van der Waals surface area contributed by atoms with Crippen molar-refractivity contribution in [3.63, 3.8) is 0 Å². The molecule has 7 heteroatoms. The van der Waals surface area contributed by atoms with Gasteiger partial charge in [0.15, 0.2) is 6.61 Å². The van der Waals surface area contributed by atoms with Crippen molar-refractivity contribution >= 4 is 11.9 Å². The highest BCUT2D eigenvalue weighted by Crippen LogP contribution is 2.18. The van der Waals surface area contributed by atoms with Crippen LogP contribution in [0.3, 0.4) is 0 Å². The van der Waals surface area contributed by atoms with Gasteiger partial charge in [0.1, 0.15) is 11.5 Å². The SMILES string of the molecule is COc1cccc(OCC(=O)NCc2ccnc(N3CCCC3)n2)c1. The lowest BCUT2D eigenvalue weighted by molar-refractivity contribution is -0.123. The maximum atomic E-state index is 12.0. The zero-order valence-corrected chi connectivity index (χ0v) is 14.3. The third-order valence-corrected chi connectivity index (χ3v) is 3.97.